The average Bonchev–Trinajstić information content (AvgIpc) is 2.36. The first-order valence-electron chi connectivity index (χ1n) is 5.86. The number of nitrogens with zero attached hydrogens (tertiary/aromatic N) is 1. The van der Waals surface area contributed by atoms with Gasteiger partial charge in [-0.25, -0.2) is 4.98 Å². The van der Waals surface area contributed by atoms with Gasteiger partial charge in [0.25, 0.3) is 0 Å². The minimum absolute atomic E-state index is 0.769. The van der Waals surface area contributed by atoms with E-state index in [4.69, 9.17) is 5.73 Å². The Kier molecular flexibility index (Phi) is 2.22. The smallest absolute Gasteiger partial charge is 0.0939 e. The van der Waals surface area contributed by atoms with Crippen molar-refractivity contribution in [3.8, 4) is 0 Å². The number of hydrogen-bond donors (Lipinski definition) is 1. The molecule has 2 N–H and O–H groups in total. The van der Waals surface area contributed by atoms with Crippen LogP contribution >= 0.6 is 0 Å². The van der Waals surface area contributed by atoms with Crippen LogP contribution in [0, 0.1) is 0 Å². The Labute approximate surface area is 100 Å². The van der Waals surface area contributed by atoms with Crippen molar-refractivity contribution in [2.45, 2.75) is 13.3 Å². The highest BCUT2D eigenvalue weighted by Gasteiger charge is 2.04. The Hall–Kier alpha value is -2.09. The fourth-order valence-corrected chi connectivity index (χ4v) is 2.19. The fourth-order valence-electron chi connectivity index (χ4n) is 2.19. The lowest BCUT2D eigenvalue weighted by Gasteiger charge is -2.06. The minimum atomic E-state index is 0.769. The largest absolute Gasteiger partial charge is 0.397 e. The van der Waals surface area contributed by atoms with Crippen LogP contribution in [0.3, 0.4) is 0 Å². The number of nitrogen functional groups attached to an aromatic ring is 1. The van der Waals surface area contributed by atoms with E-state index in [9.17, 15) is 0 Å². The molecule has 2 nitrogen and oxygen atoms in total. The predicted octanol–water partition coefficient (Wildman–Crippen LogP) is 3.53. The molecular formula is C15H14N2. The maximum atomic E-state index is 6.06. The summed E-state index contributed by atoms with van der Waals surface area (Å²) in [6.07, 6.45) is 0.993. The van der Waals surface area contributed by atoms with Gasteiger partial charge in [-0.2, -0.15) is 0 Å². The average molecular weight is 222 g/mol. The molecule has 2 heteroatoms. The van der Waals surface area contributed by atoms with Gasteiger partial charge in [0.1, 0.15) is 0 Å². The van der Waals surface area contributed by atoms with E-state index in [1.165, 1.54) is 5.56 Å². The summed E-state index contributed by atoms with van der Waals surface area (Å²) in [5.74, 6) is 0. The predicted molar refractivity (Wildman–Crippen MR) is 73.0 cm³/mol. The van der Waals surface area contributed by atoms with Gasteiger partial charge in [-0.05, 0) is 36.2 Å². The summed E-state index contributed by atoms with van der Waals surface area (Å²) in [6, 6.07) is 14.5. The topological polar surface area (TPSA) is 38.9 Å². The van der Waals surface area contributed by atoms with Crippen LogP contribution in [-0.2, 0) is 6.42 Å². The fraction of sp³-hybridized carbons (Fsp3) is 0.133. The van der Waals surface area contributed by atoms with Crippen LogP contribution in [0.4, 0.5) is 5.69 Å². The van der Waals surface area contributed by atoms with Crippen LogP contribution in [0.5, 0.6) is 0 Å². The lowest BCUT2D eigenvalue weighted by Crippen LogP contribution is -1.93. The van der Waals surface area contributed by atoms with Crippen LogP contribution in [0.2, 0.25) is 0 Å². The molecule has 0 spiro atoms. The number of aryl methyl sites for hydroxylation is 1. The number of aromatic nitrogens is 1. The molecule has 3 aromatic rings. The lowest BCUT2D eigenvalue weighted by molar-refractivity contribution is 1.15. The van der Waals surface area contributed by atoms with Crippen molar-refractivity contribution >= 4 is 27.5 Å². The van der Waals surface area contributed by atoms with Crippen LogP contribution in [0.1, 0.15) is 12.5 Å². The standard InChI is InChI=1S/C15H14N2/c1-2-10-7-12-9-11-5-3-4-6-14(11)17-15(12)13(16)8-10/h3-9H,2,16H2,1H3. The maximum absolute atomic E-state index is 6.06. The molecule has 1 heterocycles. The second-order valence-electron chi connectivity index (χ2n) is 4.29. The zero-order valence-electron chi connectivity index (χ0n) is 9.77. The second kappa shape index (κ2) is 3.74. The summed E-state index contributed by atoms with van der Waals surface area (Å²) >= 11 is 0. The number of para-hydroxylation sites is 1. The van der Waals surface area contributed by atoms with E-state index in [0.29, 0.717) is 0 Å². The minimum Gasteiger partial charge on any atom is -0.397 e. The third kappa shape index (κ3) is 1.62. The van der Waals surface area contributed by atoms with E-state index in [-0.39, 0.29) is 0 Å². The number of pyridine rings is 1. The zero-order valence-corrected chi connectivity index (χ0v) is 9.77. The molecule has 0 saturated heterocycles. The maximum Gasteiger partial charge on any atom is 0.0939 e. The van der Waals surface area contributed by atoms with Crippen molar-refractivity contribution in [1.29, 1.82) is 0 Å². The Morgan fingerprint density at radius 2 is 1.88 bits per heavy atom. The Morgan fingerprint density at radius 3 is 2.71 bits per heavy atom. The van der Waals surface area contributed by atoms with E-state index in [1.807, 2.05) is 24.3 Å². The quantitative estimate of drug-likeness (QED) is 0.505. The molecule has 0 unspecified atom stereocenters. The summed E-state index contributed by atoms with van der Waals surface area (Å²) in [7, 11) is 0. The molecule has 0 aliphatic carbocycles. The molecule has 0 atom stereocenters. The van der Waals surface area contributed by atoms with Crippen LogP contribution in [0.15, 0.2) is 42.5 Å². The first-order valence-corrected chi connectivity index (χ1v) is 5.86. The van der Waals surface area contributed by atoms with E-state index in [2.05, 4.69) is 30.1 Å². The molecule has 0 bridgehead atoms. The van der Waals surface area contributed by atoms with Gasteiger partial charge < -0.3 is 5.73 Å². The summed E-state index contributed by atoms with van der Waals surface area (Å²) in [6.45, 7) is 2.13. The van der Waals surface area contributed by atoms with Gasteiger partial charge >= 0.3 is 0 Å². The third-order valence-electron chi connectivity index (χ3n) is 3.12. The van der Waals surface area contributed by atoms with E-state index < -0.39 is 0 Å². The Bertz CT molecular complexity index is 702. The molecule has 1 aromatic heterocycles. The lowest BCUT2D eigenvalue weighted by atomic mass is 10.1. The van der Waals surface area contributed by atoms with Gasteiger partial charge in [-0.1, -0.05) is 25.1 Å². The summed E-state index contributed by atoms with van der Waals surface area (Å²) in [5, 5.41) is 2.29. The highest BCUT2D eigenvalue weighted by Crippen LogP contribution is 2.25. The number of benzene rings is 2. The van der Waals surface area contributed by atoms with Crippen LogP contribution < -0.4 is 5.73 Å². The molecule has 0 amide bonds. The summed E-state index contributed by atoms with van der Waals surface area (Å²) < 4.78 is 0. The van der Waals surface area contributed by atoms with Crippen molar-refractivity contribution in [2.75, 3.05) is 5.73 Å². The van der Waals surface area contributed by atoms with Gasteiger partial charge in [-0.3, -0.25) is 0 Å². The van der Waals surface area contributed by atoms with Crippen molar-refractivity contribution in [1.82, 2.24) is 4.98 Å². The summed E-state index contributed by atoms with van der Waals surface area (Å²) in [5.41, 5.74) is 9.99. The molecule has 2 aromatic carbocycles. The normalized spacial score (nSPS) is 11.1. The van der Waals surface area contributed by atoms with Crippen molar-refractivity contribution in [3.63, 3.8) is 0 Å². The van der Waals surface area contributed by atoms with Gasteiger partial charge in [0.2, 0.25) is 0 Å². The van der Waals surface area contributed by atoms with Crippen molar-refractivity contribution < 1.29 is 0 Å². The SMILES string of the molecule is CCc1cc(N)c2nc3ccccc3cc2c1. The third-order valence-corrected chi connectivity index (χ3v) is 3.12. The zero-order chi connectivity index (χ0) is 11.8. The molecule has 0 fully saturated rings. The highest BCUT2D eigenvalue weighted by atomic mass is 14.7. The molecule has 3 rings (SSSR count). The van der Waals surface area contributed by atoms with E-state index >= 15 is 0 Å². The molecular weight excluding hydrogens is 208 g/mol. The van der Waals surface area contributed by atoms with Crippen LogP contribution in [0.25, 0.3) is 21.8 Å². The highest BCUT2D eigenvalue weighted by molar-refractivity contribution is 5.98. The monoisotopic (exact) mass is 222 g/mol. The molecule has 0 aliphatic heterocycles. The molecule has 0 aliphatic rings. The Balaban J connectivity index is 2.43. The van der Waals surface area contributed by atoms with Gasteiger partial charge in [-0.15, -0.1) is 0 Å². The number of fused-ring (bicyclic) bond motifs is 2. The van der Waals surface area contributed by atoms with Crippen molar-refractivity contribution in [3.05, 3.63) is 48.0 Å². The number of nitrogens with two attached hydrogens (primary N) is 1. The first-order chi connectivity index (χ1) is 8.28. The number of rotatable bonds is 1. The van der Waals surface area contributed by atoms with Gasteiger partial charge in [0, 0.05) is 10.8 Å². The van der Waals surface area contributed by atoms with Crippen molar-refractivity contribution in [2.24, 2.45) is 0 Å². The Morgan fingerprint density at radius 1 is 1.06 bits per heavy atom. The van der Waals surface area contributed by atoms with E-state index in [0.717, 1.165) is 33.9 Å². The van der Waals surface area contributed by atoms with E-state index in [1.54, 1.807) is 0 Å². The molecule has 0 radical (unpaired) electrons. The van der Waals surface area contributed by atoms with Gasteiger partial charge in [0.05, 0.1) is 16.7 Å². The van der Waals surface area contributed by atoms with Crippen LogP contribution in [-0.4, -0.2) is 4.98 Å². The molecule has 0 saturated carbocycles. The first kappa shape index (κ1) is 10.1. The number of hydrogen-bond acceptors (Lipinski definition) is 2. The molecule has 17 heavy (non-hydrogen) atoms. The second-order valence-corrected chi connectivity index (χ2v) is 4.29. The number of anilines is 1. The summed E-state index contributed by atoms with van der Waals surface area (Å²) in [4.78, 5) is 4.63. The molecule has 84 valence electrons. The van der Waals surface area contributed by atoms with Gasteiger partial charge in [0.15, 0.2) is 0 Å².